The van der Waals surface area contributed by atoms with Gasteiger partial charge in [-0.15, -0.1) is 0 Å². The third-order valence-electron chi connectivity index (χ3n) is 7.36. The molecule has 7 heteroatoms. The Morgan fingerprint density at radius 3 is 2.21 bits per heavy atom. The molecular weight excluding hydrogens is 506 g/mol. The number of hydrogen-bond acceptors (Lipinski definition) is 4. The Morgan fingerprint density at radius 2 is 1.59 bits per heavy atom. The minimum Gasteiger partial charge on any atom is -0.371 e. The second-order valence-corrected chi connectivity index (χ2v) is 12.9. The minimum atomic E-state index is -3.83. The van der Waals surface area contributed by atoms with Crippen molar-refractivity contribution in [1.82, 2.24) is 5.32 Å². The highest BCUT2D eigenvalue weighted by atomic mass is 32.2. The van der Waals surface area contributed by atoms with Gasteiger partial charge in [0.05, 0.1) is 10.5 Å². The van der Waals surface area contributed by atoms with E-state index < -0.39 is 10.0 Å². The molecule has 0 atom stereocenters. The summed E-state index contributed by atoms with van der Waals surface area (Å²) >= 11 is 0. The monoisotopic (exact) mass is 547 g/mol. The lowest BCUT2D eigenvalue weighted by molar-refractivity contribution is 0.0949. The number of nitrogens with one attached hydrogen (secondary N) is 2. The number of hydrogen-bond donors (Lipinski definition) is 2. The zero-order valence-electron chi connectivity index (χ0n) is 23.8. The first-order valence-electron chi connectivity index (χ1n) is 13.8. The number of amides is 1. The Hall–Kier alpha value is -3.32. The largest absolute Gasteiger partial charge is 0.371 e. The summed E-state index contributed by atoms with van der Waals surface area (Å²) in [6.07, 6.45) is 3.15. The number of rotatable bonds is 9. The van der Waals surface area contributed by atoms with Crippen molar-refractivity contribution in [3.63, 3.8) is 0 Å². The van der Waals surface area contributed by atoms with Crippen molar-refractivity contribution in [2.75, 3.05) is 29.3 Å². The summed E-state index contributed by atoms with van der Waals surface area (Å²) in [4.78, 5) is 15.9. The third-order valence-corrected chi connectivity index (χ3v) is 9.05. The highest BCUT2D eigenvalue weighted by Gasteiger charge is 2.25. The average Bonchev–Trinajstić information content (AvgIpc) is 2.87. The number of benzene rings is 3. The first-order chi connectivity index (χ1) is 18.5. The molecule has 0 bridgehead atoms. The molecule has 1 fully saturated rings. The van der Waals surface area contributed by atoms with Crippen molar-refractivity contribution in [3.8, 4) is 0 Å². The molecule has 0 saturated carbocycles. The second-order valence-electron chi connectivity index (χ2n) is 11.3. The Labute approximate surface area is 233 Å². The molecule has 0 radical (unpaired) electrons. The van der Waals surface area contributed by atoms with Crippen LogP contribution in [-0.2, 0) is 16.4 Å². The first kappa shape index (κ1) is 28.7. The van der Waals surface area contributed by atoms with E-state index in [2.05, 4.69) is 53.1 Å². The Balaban J connectivity index is 1.57. The topological polar surface area (TPSA) is 78.5 Å². The van der Waals surface area contributed by atoms with Crippen LogP contribution in [0, 0.1) is 32.6 Å². The number of carbonyl (C=O) groups excluding carboxylic acids is 1. The van der Waals surface area contributed by atoms with Gasteiger partial charge < -0.3 is 10.2 Å². The van der Waals surface area contributed by atoms with Crippen LogP contribution in [0.15, 0.2) is 65.6 Å². The number of anilines is 2. The van der Waals surface area contributed by atoms with Crippen LogP contribution in [-0.4, -0.2) is 34.0 Å². The first-order valence-corrected chi connectivity index (χ1v) is 15.3. The van der Waals surface area contributed by atoms with Gasteiger partial charge in [-0.25, -0.2) is 8.42 Å². The van der Waals surface area contributed by atoms with Crippen molar-refractivity contribution >= 4 is 27.3 Å². The number of nitrogens with zero attached hydrogens (tertiary/aromatic N) is 1. The molecule has 0 aliphatic carbocycles. The molecule has 0 spiro atoms. The van der Waals surface area contributed by atoms with E-state index in [4.69, 9.17) is 0 Å². The zero-order valence-corrected chi connectivity index (χ0v) is 24.6. The molecule has 3 aromatic carbocycles. The molecular formula is C32H41N3O3S. The maximum atomic E-state index is 13.4. The SMILES string of the molecule is Cc1cc(C)c(S(=O)(=O)Nc2ccc(N3CCC(Cc4ccccc4)CC3)c(C(=O)NCC(C)C)c2)c(C)c1. The van der Waals surface area contributed by atoms with Gasteiger partial charge in [0.2, 0.25) is 0 Å². The fraction of sp³-hybridized carbons (Fsp3) is 0.406. The van der Waals surface area contributed by atoms with E-state index in [0.29, 0.717) is 40.8 Å². The number of sulfonamides is 1. The third kappa shape index (κ3) is 7.21. The maximum Gasteiger partial charge on any atom is 0.262 e. The Bertz CT molecular complexity index is 1390. The molecule has 208 valence electrons. The number of carbonyl (C=O) groups is 1. The van der Waals surface area contributed by atoms with Gasteiger partial charge in [-0.2, -0.15) is 0 Å². The van der Waals surface area contributed by atoms with Crippen LogP contribution < -0.4 is 14.9 Å². The lowest BCUT2D eigenvalue weighted by Crippen LogP contribution is -2.36. The quantitative estimate of drug-likeness (QED) is 0.332. The molecule has 39 heavy (non-hydrogen) atoms. The van der Waals surface area contributed by atoms with Gasteiger partial charge in [-0.1, -0.05) is 61.9 Å². The van der Waals surface area contributed by atoms with Crippen LogP contribution in [0.4, 0.5) is 11.4 Å². The van der Waals surface area contributed by atoms with Gasteiger partial charge in [0, 0.05) is 31.0 Å². The molecule has 1 heterocycles. The van der Waals surface area contributed by atoms with Gasteiger partial charge in [-0.3, -0.25) is 9.52 Å². The summed E-state index contributed by atoms with van der Waals surface area (Å²) in [7, 11) is -3.83. The lowest BCUT2D eigenvalue weighted by atomic mass is 9.89. The van der Waals surface area contributed by atoms with Crippen LogP contribution in [0.3, 0.4) is 0 Å². The van der Waals surface area contributed by atoms with Crippen molar-refractivity contribution in [3.05, 3.63) is 88.5 Å². The average molecular weight is 548 g/mol. The van der Waals surface area contributed by atoms with Crippen LogP contribution in [0.5, 0.6) is 0 Å². The lowest BCUT2D eigenvalue weighted by Gasteiger charge is -2.35. The molecule has 2 N–H and O–H groups in total. The molecule has 1 saturated heterocycles. The summed E-state index contributed by atoms with van der Waals surface area (Å²) in [5.74, 6) is 0.725. The van der Waals surface area contributed by atoms with E-state index in [1.165, 1.54) is 5.56 Å². The fourth-order valence-corrected chi connectivity index (χ4v) is 7.08. The van der Waals surface area contributed by atoms with Crippen LogP contribution in [0.25, 0.3) is 0 Å². The second kappa shape index (κ2) is 12.2. The van der Waals surface area contributed by atoms with Crippen molar-refractivity contribution in [2.45, 2.75) is 58.8 Å². The van der Waals surface area contributed by atoms with Crippen LogP contribution >= 0.6 is 0 Å². The molecule has 1 aliphatic heterocycles. The summed E-state index contributed by atoms with van der Waals surface area (Å²) in [5, 5.41) is 3.02. The highest BCUT2D eigenvalue weighted by Crippen LogP contribution is 2.31. The van der Waals surface area contributed by atoms with Gasteiger partial charge >= 0.3 is 0 Å². The molecule has 0 unspecified atom stereocenters. The Morgan fingerprint density at radius 1 is 0.949 bits per heavy atom. The smallest absolute Gasteiger partial charge is 0.262 e. The zero-order chi connectivity index (χ0) is 28.2. The number of aryl methyl sites for hydroxylation is 3. The van der Waals surface area contributed by atoms with E-state index in [-0.39, 0.29) is 10.8 Å². The predicted molar refractivity (Wildman–Crippen MR) is 160 cm³/mol. The molecule has 0 aromatic heterocycles. The summed E-state index contributed by atoms with van der Waals surface area (Å²) in [5.41, 5.74) is 5.50. The fourth-order valence-electron chi connectivity index (χ4n) is 5.57. The van der Waals surface area contributed by atoms with E-state index >= 15 is 0 Å². The van der Waals surface area contributed by atoms with Crippen molar-refractivity contribution in [1.29, 1.82) is 0 Å². The van der Waals surface area contributed by atoms with Gasteiger partial charge in [0.15, 0.2) is 0 Å². The number of piperidine rings is 1. The summed E-state index contributed by atoms with van der Waals surface area (Å²) < 4.78 is 29.5. The predicted octanol–water partition coefficient (Wildman–Crippen LogP) is 6.26. The molecule has 6 nitrogen and oxygen atoms in total. The van der Waals surface area contributed by atoms with Gasteiger partial charge in [0.1, 0.15) is 0 Å². The van der Waals surface area contributed by atoms with Crippen molar-refractivity contribution in [2.24, 2.45) is 11.8 Å². The molecule has 3 aromatic rings. The van der Waals surface area contributed by atoms with E-state index in [1.54, 1.807) is 12.1 Å². The maximum absolute atomic E-state index is 13.4. The van der Waals surface area contributed by atoms with Gasteiger partial charge in [-0.05, 0) is 86.8 Å². The normalized spacial score (nSPS) is 14.5. The molecule has 1 amide bonds. The standard InChI is InChI=1S/C32H41N3O3S/c1-22(2)21-33-32(36)29-20-28(34-39(37,38)31-24(4)17-23(3)18-25(31)5)11-12-30(29)35-15-13-27(14-16-35)19-26-9-7-6-8-10-26/h6-12,17-18,20,22,27,34H,13-16,19,21H2,1-5H3,(H,33,36). The highest BCUT2D eigenvalue weighted by molar-refractivity contribution is 7.92. The Kier molecular flexibility index (Phi) is 9.01. The van der Waals surface area contributed by atoms with Gasteiger partial charge in [0.25, 0.3) is 15.9 Å². The van der Waals surface area contributed by atoms with Crippen LogP contribution in [0.2, 0.25) is 0 Å². The van der Waals surface area contributed by atoms with E-state index in [9.17, 15) is 13.2 Å². The minimum absolute atomic E-state index is 0.186. The van der Waals surface area contributed by atoms with Crippen LogP contribution in [0.1, 0.15) is 59.3 Å². The van der Waals surface area contributed by atoms with E-state index in [0.717, 1.165) is 43.6 Å². The summed E-state index contributed by atoms with van der Waals surface area (Å²) in [6, 6.07) is 19.7. The molecule has 4 rings (SSSR count). The summed E-state index contributed by atoms with van der Waals surface area (Å²) in [6.45, 7) is 11.9. The van der Waals surface area contributed by atoms with E-state index in [1.807, 2.05) is 45.0 Å². The molecule has 1 aliphatic rings. The van der Waals surface area contributed by atoms with Crippen molar-refractivity contribution < 1.29 is 13.2 Å².